The van der Waals surface area contributed by atoms with Gasteiger partial charge in [0.1, 0.15) is 0 Å². The number of hydrogen-bond acceptors (Lipinski definition) is 3. The third kappa shape index (κ3) is 1.87. The normalized spacial score (nSPS) is 10.0. The van der Waals surface area contributed by atoms with Crippen LogP contribution in [0.1, 0.15) is 21.5 Å². The zero-order chi connectivity index (χ0) is 9.84. The smallest absolute Gasteiger partial charge is 0.152 e. The van der Waals surface area contributed by atoms with Gasteiger partial charge in [0.05, 0.1) is 0 Å². The van der Waals surface area contributed by atoms with Crippen molar-refractivity contribution in [3.05, 3.63) is 28.8 Å². The Bertz CT molecular complexity index is 321. The molecule has 0 aromatic heterocycles. The van der Waals surface area contributed by atoms with Gasteiger partial charge in [-0.1, -0.05) is 6.07 Å². The Hall–Kier alpha value is -1.35. The van der Waals surface area contributed by atoms with Crippen molar-refractivity contribution >= 4 is 12.0 Å². The molecule has 1 aromatic rings. The second kappa shape index (κ2) is 4.05. The maximum atomic E-state index is 10.6. The number of carbonyl (C=O) groups excluding carboxylic acids is 1. The van der Waals surface area contributed by atoms with E-state index >= 15 is 0 Å². The molecule has 3 N–H and O–H groups in total. The van der Waals surface area contributed by atoms with Gasteiger partial charge in [0.25, 0.3) is 0 Å². The lowest BCUT2D eigenvalue weighted by Crippen LogP contribution is -2.03. The molecule has 1 rings (SSSR count). The van der Waals surface area contributed by atoms with Gasteiger partial charge < -0.3 is 10.8 Å². The Kier molecular flexibility index (Phi) is 3.03. The van der Waals surface area contributed by atoms with Crippen LogP contribution in [0.25, 0.3) is 0 Å². The number of anilines is 1. The van der Waals surface area contributed by atoms with Gasteiger partial charge in [-0.05, 0) is 30.5 Å². The first-order chi connectivity index (χ1) is 6.20. The Balaban J connectivity index is 3.21. The molecule has 0 spiro atoms. The molecule has 1 aromatic carbocycles. The lowest BCUT2D eigenvalue weighted by molar-refractivity contribution is 0.112. The van der Waals surface area contributed by atoms with Gasteiger partial charge in [0.15, 0.2) is 6.29 Å². The molecule has 70 valence electrons. The van der Waals surface area contributed by atoms with Crippen LogP contribution in [0.4, 0.5) is 5.69 Å². The highest BCUT2D eigenvalue weighted by atomic mass is 16.2. The molecule has 0 heterocycles. The molecule has 0 unspecified atom stereocenters. The van der Waals surface area contributed by atoms with E-state index < -0.39 is 0 Å². The molecule has 0 saturated carbocycles. The highest BCUT2D eigenvalue weighted by Crippen LogP contribution is 2.20. The molecule has 13 heavy (non-hydrogen) atoms. The number of rotatable bonds is 3. The fourth-order valence-corrected chi connectivity index (χ4v) is 1.34. The number of aliphatic hydroxyl groups excluding tert-OH is 1. The fraction of sp³-hybridized carbons (Fsp3) is 0.300. The van der Waals surface area contributed by atoms with Crippen molar-refractivity contribution < 1.29 is 9.90 Å². The topological polar surface area (TPSA) is 63.3 Å². The lowest BCUT2D eigenvalue weighted by atomic mass is 10.0. The summed E-state index contributed by atoms with van der Waals surface area (Å²) >= 11 is 0. The first kappa shape index (κ1) is 9.74. The van der Waals surface area contributed by atoms with Gasteiger partial charge >= 0.3 is 0 Å². The zero-order valence-electron chi connectivity index (χ0n) is 7.58. The van der Waals surface area contributed by atoms with E-state index in [1.54, 1.807) is 6.07 Å². The summed E-state index contributed by atoms with van der Waals surface area (Å²) < 4.78 is 0. The molecular formula is C10H13NO2. The van der Waals surface area contributed by atoms with Gasteiger partial charge in [-0.15, -0.1) is 0 Å². The van der Waals surface area contributed by atoms with Gasteiger partial charge in [-0.25, -0.2) is 0 Å². The van der Waals surface area contributed by atoms with Crippen LogP contribution in [-0.2, 0) is 6.42 Å². The van der Waals surface area contributed by atoms with Crippen molar-refractivity contribution in [3.8, 4) is 0 Å². The molecule has 0 aliphatic rings. The monoisotopic (exact) mass is 179 g/mol. The van der Waals surface area contributed by atoms with Crippen LogP contribution in [0.3, 0.4) is 0 Å². The highest BCUT2D eigenvalue weighted by Gasteiger charge is 2.06. The molecule has 3 nitrogen and oxygen atoms in total. The van der Waals surface area contributed by atoms with Crippen LogP contribution in [0.2, 0.25) is 0 Å². The van der Waals surface area contributed by atoms with Crippen molar-refractivity contribution in [2.45, 2.75) is 13.3 Å². The quantitative estimate of drug-likeness (QED) is 0.535. The summed E-state index contributed by atoms with van der Waals surface area (Å²) in [5, 5.41) is 8.79. The summed E-state index contributed by atoms with van der Waals surface area (Å²) in [4.78, 5) is 10.6. The Labute approximate surface area is 77.2 Å². The van der Waals surface area contributed by atoms with Crippen molar-refractivity contribution in [2.24, 2.45) is 0 Å². The van der Waals surface area contributed by atoms with Crippen molar-refractivity contribution in [2.75, 3.05) is 12.3 Å². The van der Waals surface area contributed by atoms with Crippen LogP contribution in [0.15, 0.2) is 12.1 Å². The van der Waals surface area contributed by atoms with E-state index in [0.29, 0.717) is 17.7 Å². The lowest BCUT2D eigenvalue weighted by Gasteiger charge is -2.09. The van der Waals surface area contributed by atoms with Crippen LogP contribution in [0, 0.1) is 6.92 Å². The summed E-state index contributed by atoms with van der Waals surface area (Å²) in [5.41, 5.74) is 8.60. The Morgan fingerprint density at radius 2 is 2.23 bits per heavy atom. The van der Waals surface area contributed by atoms with E-state index in [1.807, 2.05) is 13.0 Å². The molecule has 0 aliphatic carbocycles. The molecule has 0 fully saturated rings. The number of aryl methyl sites for hydroxylation is 1. The van der Waals surface area contributed by atoms with Gasteiger partial charge in [-0.2, -0.15) is 0 Å². The maximum Gasteiger partial charge on any atom is 0.152 e. The van der Waals surface area contributed by atoms with Crippen LogP contribution in [0.5, 0.6) is 0 Å². The molecule has 0 radical (unpaired) electrons. The summed E-state index contributed by atoms with van der Waals surface area (Å²) in [6.45, 7) is 1.96. The predicted octanol–water partition coefficient (Wildman–Crippen LogP) is 0.925. The molecule has 0 bridgehead atoms. The number of aldehydes is 1. The summed E-state index contributed by atoms with van der Waals surface area (Å²) in [7, 11) is 0. The third-order valence-corrected chi connectivity index (χ3v) is 2.11. The number of aliphatic hydroxyl groups is 1. The average molecular weight is 179 g/mol. The summed E-state index contributed by atoms with van der Waals surface area (Å²) in [6, 6.07) is 3.53. The summed E-state index contributed by atoms with van der Waals surface area (Å²) in [5.74, 6) is 0. The Morgan fingerprint density at radius 1 is 1.54 bits per heavy atom. The van der Waals surface area contributed by atoms with Crippen molar-refractivity contribution in [3.63, 3.8) is 0 Å². The van der Waals surface area contributed by atoms with Crippen LogP contribution >= 0.6 is 0 Å². The predicted molar refractivity (Wildman–Crippen MR) is 51.8 cm³/mol. The first-order valence-corrected chi connectivity index (χ1v) is 4.14. The fourth-order valence-electron chi connectivity index (χ4n) is 1.34. The second-order valence-electron chi connectivity index (χ2n) is 2.96. The Morgan fingerprint density at radius 3 is 2.77 bits per heavy atom. The number of benzene rings is 1. The van der Waals surface area contributed by atoms with E-state index in [-0.39, 0.29) is 6.61 Å². The van der Waals surface area contributed by atoms with Crippen molar-refractivity contribution in [1.29, 1.82) is 0 Å². The van der Waals surface area contributed by atoms with Crippen LogP contribution in [-0.4, -0.2) is 18.0 Å². The number of nitrogens with two attached hydrogens (primary N) is 1. The number of nitrogen functional groups attached to an aromatic ring is 1. The minimum atomic E-state index is 0.0490. The third-order valence-electron chi connectivity index (χ3n) is 2.11. The molecule has 0 aliphatic heterocycles. The average Bonchev–Trinajstić information content (AvgIpc) is 2.12. The van der Waals surface area contributed by atoms with E-state index in [2.05, 4.69) is 0 Å². The van der Waals surface area contributed by atoms with Crippen molar-refractivity contribution in [1.82, 2.24) is 0 Å². The minimum absolute atomic E-state index is 0.0490. The van der Waals surface area contributed by atoms with Gasteiger partial charge in [-0.3, -0.25) is 4.79 Å². The highest BCUT2D eigenvalue weighted by molar-refractivity contribution is 5.85. The standard InChI is InChI=1S/C10H13NO2/c1-7-2-3-8(6-13)10(11)9(7)4-5-12/h2-3,6,12H,4-5,11H2,1H3. The molecule has 0 atom stereocenters. The molecule has 3 heteroatoms. The molecular weight excluding hydrogens is 166 g/mol. The zero-order valence-corrected chi connectivity index (χ0v) is 7.58. The van der Waals surface area contributed by atoms with Gasteiger partial charge in [0.2, 0.25) is 0 Å². The molecule has 0 amide bonds. The van der Waals surface area contributed by atoms with E-state index in [0.717, 1.165) is 17.4 Å². The van der Waals surface area contributed by atoms with E-state index in [9.17, 15) is 4.79 Å². The van der Waals surface area contributed by atoms with E-state index in [1.165, 1.54) is 0 Å². The minimum Gasteiger partial charge on any atom is -0.398 e. The van der Waals surface area contributed by atoms with Gasteiger partial charge in [0, 0.05) is 17.9 Å². The summed E-state index contributed by atoms with van der Waals surface area (Å²) in [6.07, 6.45) is 1.23. The second-order valence-corrected chi connectivity index (χ2v) is 2.96. The SMILES string of the molecule is Cc1ccc(C=O)c(N)c1CCO. The van der Waals surface area contributed by atoms with Crippen LogP contribution < -0.4 is 5.73 Å². The first-order valence-electron chi connectivity index (χ1n) is 4.14. The molecule has 0 saturated heterocycles. The number of carbonyl (C=O) groups is 1. The van der Waals surface area contributed by atoms with E-state index in [4.69, 9.17) is 10.8 Å². The number of hydrogen-bond donors (Lipinski definition) is 2. The maximum absolute atomic E-state index is 10.6. The largest absolute Gasteiger partial charge is 0.398 e.